The van der Waals surface area contributed by atoms with Crippen LogP contribution >= 0.6 is 0 Å². The van der Waals surface area contributed by atoms with Gasteiger partial charge in [0.05, 0.1) is 18.6 Å². The third-order valence-electron chi connectivity index (χ3n) is 4.15. The number of ether oxygens (including phenoxy) is 1. The van der Waals surface area contributed by atoms with Crippen LogP contribution in [0.5, 0.6) is 5.75 Å². The molecule has 0 atom stereocenters. The first-order chi connectivity index (χ1) is 11.9. The van der Waals surface area contributed by atoms with Gasteiger partial charge in [-0.25, -0.2) is 8.42 Å². The van der Waals surface area contributed by atoms with Crippen molar-refractivity contribution in [2.24, 2.45) is 0 Å². The van der Waals surface area contributed by atoms with E-state index in [0.717, 1.165) is 17.7 Å². The molecule has 1 amide bonds. The summed E-state index contributed by atoms with van der Waals surface area (Å²) in [7, 11) is -2.00. The number of hydrogen-bond donors (Lipinski definition) is 1. The van der Waals surface area contributed by atoms with E-state index in [9.17, 15) is 13.2 Å². The molecule has 25 heavy (non-hydrogen) atoms. The van der Waals surface area contributed by atoms with Gasteiger partial charge in [-0.15, -0.1) is 0 Å². The molecule has 0 bridgehead atoms. The minimum absolute atomic E-state index is 0.0445. The lowest BCUT2D eigenvalue weighted by molar-refractivity contribution is -0.116. The number of sulfonamides is 1. The molecule has 132 valence electrons. The maximum Gasteiger partial charge on any atom is 0.236 e. The van der Waals surface area contributed by atoms with Gasteiger partial charge in [0, 0.05) is 19.2 Å². The van der Waals surface area contributed by atoms with Crippen molar-refractivity contribution in [1.29, 1.82) is 0 Å². The van der Waals surface area contributed by atoms with E-state index in [4.69, 9.17) is 4.74 Å². The molecule has 1 heterocycles. The van der Waals surface area contributed by atoms with Crippen molar-refractivity contribution in [3.05, 3.63) is 53.6 Å². The summed E-state index contributed by atoms with van der Waals surface area (Å²) in [6.45, 7) is 2.14. The van der Waals surface area contributed by atoms with Crippen LogP contribution < -0.4 is 14.4 Å². The van der Waals surface area contributed by atoms with Crippen LogP contribution in [0.2, 0.25) is 0 Å². The third-order valence-corrected chi connectivity index (χ3v) is 5.41. The normalized spacial score (nSPS) is 13.4. The predicted molar refractivity (Wildman–Crippen MR) is 97.4 cm³/mol. The summed E-state index contributed by atoms with van der Waals surface area (Å²) in [6.07, 6.45) is 0.786. The minimum Gasteiger partial charge on any atom is -0.497 e. The van der Waals surface area contributed by atoms with E-state index in [1.165, 1.54) is 6.92 Å². The van der Waals surface area contributed by atoms with Gasteiger partial charge in [0.1, 0.15) is 5.75 Å². The summed E-state index contributed by atoms with van der Waals surface area (Å²) in [6, 6.07) is 12.2. The third kappa shape index (κ3) is 3.93. The van der Waals surface area contributed by atoms with Gasteiger partial charge in [-0.1, -0.05) is 18.2 Å². The van der Waals surface area contributed by atoms with E-state index >= 15 is 0 Å². The van der Waals surface area contributed by atoms with Gasteiger partial charge in [-0.3, -0.25) is 9.52 Å². The van der Waals surface area contributed by atoms with E-state index in [-0.39, 0.29) is 11.7 Å². The second-order valence-corrected chi connectivity index (χ2v) is 7.70. The molecule has 1 aliphatic rings. The number of amides is 1. The Morgan fingerprint density at radius 2 is 1.92 bits per heavy atom. The number of hydrogen-bond acceptors (Lipinski definition) is 4. The van der Waals surface area contributed by atoms with Gasteiger partial charge in [0.25, 0.3) is 0 Å². The van der Waals surface area contributed by atoms with Crippen molar-refractivity contribution in [2.75, 3.05) is 23.3 Å². The fourth-order valence-corrected chi connectivity index (χ4v) is 4.12. The molecule has 1 N–H and O–H groups in total. The maximum absolute atomic E-state index is 12.4. The van der Waals surface area contributed by atoms with Crippen LogP contribution in [0.1, 0.15) is 18.1 Å². The van der Waals surface area contributed by atoms with E-state index < -0.39 is 10.0 Å². The number of fused-ring (bicyclic) bond motifs is 1. The minimum atomic E-state index is -3.56. The fraction of sp³-hybridized carbons (Fsp3) is 0.278. The number of methoxy groups -OCH3 is 1. The first kappa shape index (κ1) is 17.3. The Morgan fingerprint density at radius 1 is 1.20 bits per heavy atom. The molecule has 6 nitrogen and oxygen atoms in total. The number of carbonyl (C=O) groups is 1. The van der Waals surface area contributed by atoms with Crippen LogP contribution in [-0.2, 0) is 27.0 Å². The lowest BCUT2D eigenvalue weighted by atomic mass is 10.1. The van der Waals surface area contributed by atoms with Crippen molar-refractivity contribution in [2.45, 2.75) is 19.1 Å². The largest absolute Gasteiger partial charge is 0.497 e. The van der Waals surface area contributed by atoms with Crippen LogP contribution in [0.15, 0.2) is 42.5 Å². The van der Waals surface area contributed by atoms with Gasteiger partial charge in [0.2, 0.25) is 15.9 Å². The van der Waals surface area contributed by atoms with Gasteiger partial charge < -0.3 is 9.64 Å². The molecule has 2 aromatic carbocycles. The number of carbonyl (C=O) groups excluding carboxylic acids is 1. The lowest BCUT2D eigenvalue weighted by Crippen LogP contribution is -2.25. The summed E-state index contributed by atoms with van der Waals surface area (Å²) >= 11 is 0. The smallest absolute Gasteiger partial charge is 0.236 e. The van der Waals surface area contributed by atoms with Crippen LogP contribution in [-0.4, -0.2) is 28.0 Å². The SMILES string of the molecule is COc1ccc(CS(=O)(=O)Nc2ccc3c(c2)N(C(C)=O)CC3)cc1. The molecule has 0 saturated carbocycles. The molecule has 0 saturated heterocycles. The van der Waals surface area contributed by atoms with Gasteiger partial charge in [-0.2, -0.15) is 0 Å². The average molecular weight is 360 g/mol. The molecule has 0 spiro atoms. The summed E-state index contributed by atoms with van der Waals surface area (Å²) in [5.41, 5.74) is 2.95. The highest BCUT2D eigenvalue weighted by Gasteiger charge is 2.23. The van der Waals surface area contributed by atoms with E-state index in [1.807, 2.05) is 6.07 Å². The molecular formula is C18H20N2O4S. The van der Waals surface area contributed by atoms with Crippen LogP contribution in [0, 0.1) is 0 Å². The van der Waals surface area contributed by atoms with Crippen molar-refractivity contribution in [3.63, 3.8) is 0 Å². The van der Waals surface area contributed by atoms with E-state index in [2.05, 4.69) is 4.72 Å². The molecule has 7 heteroatoms. The van der Waals surface area contributed by atoms with E-state index in [1.54, 1.807) is 48.4 Å². The van der Waals surface area contributed by atoms with Crippen molar-refractivity contribution < 1.29 is 17.9 Å². The zero-order chi connectivity index (χ0) is 18.0. The Labute approximate surface area is 147 Å². The second-order valence-electron chi connectivity index (χ2n) is 5.97. The molecule has 0 radical (unpaired) electrons. The molecule has 0 aromatic heterocycles. The fourth-order valence-electron chi connectivity index (χ4n) is 2.93. The molecule has 0 unspecified atom stereocenters. The zero-order valence-electron chi connectivity index (χ0n) is 14.2. The highest BCUT2D eigenvalue weighted by atomic mass is 32.2. The Morgan fingerprint density at radius 3 is 2.56 bits per heavy atom. The number of nitrogens with zero attached hydrogens (tertiary/aromatic N) is 1. The summed E-state index contributed by atoms with van der Waals surface area (Å²) in [4.78, 5) is 13.3. The van der Waals surface area contributed by atoms with Crippen LogP contribution in [0.25, 0.3) is 0 Å². The number of rotatable bonds is 5. The lowest BCUT2D eigenvalue weighted by Gasteiger charge is -2.16. The zero-order valence-corrected chi connectivity index (χ0v) is 15.0. The quantitative estimate of drug-likeness (QED) is 0.889. The molecule has 1 aliphatic heterocycles. The van der Waals surface area contributed by atoms with Crippen LogP contribution in [0.4, 0.5) is 11.4 Å². The maximum atomic E-state index is 12.4. The van der Waals surface area contributed by atoms with Gasteiger partial charge >= 0.3 is 0 Å². The van der Waals surface area contributed by atoms with Crippen molar-refractivity contribution in [1.82, 2.24) is 0 Å². The molecule has 2 aromatic rings. The Kier molecular flexibility index (Phi) is 4.67. The first-order valence-corrected chi connectivity index (χ1v) is 9.57. The topological polar surface area (TPSA) is 75.7 Å². The first-order valence-electron chi connectivity index (χ1n) is 7.92. The Bertz CT molecular complexity index is 892. The number of nitrogens with one attached hydrogen (secondary N) is 1. The second kappa shape index (κ2) is 6.76. The number of benzene rings is 2. The monoisotopic (exact) mass is 360 g/mol. The molecular weight excluding hydrogens is 340 g/mol. The molecule has 3 rings (SSSR count). The molecule has 0 fully saturated rings. The highest BCUT2D eigenvalue weighted by molar-refractivity contribution is 7.91. The number of anilines is 2. The van der Waals surface area contributed by atoms with Crippen molar-refractivity contribution >= 4 is 27.3 Å². The van der Waals surface area contributed by atoms with Crippen molar-refractivity contribution in [3.8, 4) is 5.75 Å². The summed E-state index contributed by atoms with van der Waals surface area (Å²) < 4.78 is 32.5. The molecule has 0 aliphatic carbocycles. The highest BCUT2D eigenvalue weighted by Crippen LogP contribution is 2.31. The van der Waals surface area contributed by atoms with Gasteiger partial charge in [0.15, 0.2) is 0 Å². The predicted octanol–water partition coefficient (Wildman–Crippen LogP) is 2.55. The average Bonchev–Trinajstić information content (AvgIpc) is 2.98. The Hall–Kier alpha value is -2.54. The standard InChI is InChI=1S/C18H20N2O4S/c1-13(21)20-10-9-15-5-6-16(11-18(15)20)19-25(22,23)12-14-3-7-17(24-2)8-4-14/h3-8,11,19H,9-10,12H2,1-2H3. The van der Waals surface area contributed by atoms with Crippen LogP contribution in [0.3, 0.4) is 0 Å². The van der Waals surface area contributed by atoms with E-state index in [0.29, 0.717) is 23.5 Å². The van der Waals surface area contributed by atoms with Gasteiger partial charge in [-0.05, 0) is 41.8 Å². The summed E-state index contributed by atoms with van der Waals surface area (Å²) in [5, 5.41) is 0. The Balaban J connectivity index is 1.77. The summed E-state index contributed by atoms with van der Waals surface area (Å²) in [5.74, 6) is 0.499.